The van der Waals surface area contributed by atoms with E-state index in [1.165, 1.54) is 0 Å². The molecule has 2 rings (SSSR count). The molecule has 5 heteroatoms. The van der Waals surface area contributed by atoms with E-state index in [0.29, 0.717) is 23.7 Å². The van der Waals surface area contributed by atoms with Crippen LogP contribution in [0.1, 0.15) is 10.4 Å². The predicted octanol–water partition coefficient (Wildman–Crippen LogP) is 2.94. The molecule has 0 aliphatic carbocycles. The molecule has 0 atom stereocenters. The van der Waals surface area contributed by atoms with Crippen molar-refractivity contribution in [3.63, 3.8) is 0 Å². The van der Waals surface area contributed by atoms with Gasteiger partial charge in [0.05, 0.1) is 19.0 Å². The molecule has 1 aromatic heterocycles. The lowest BCUT2D eigenvalue weighted by atomic mass is 10.2. The molecule has 0 saturated heterocycles. The second kappa shape index (κ2) is 7.09. The maximum atomic E-state index is 12.0. The summed E-state index contributed by atoms with van der Waals surface area (Å²) in [7, 11) is 1.58. The van der Waals surface area contributed by atoms with Gasteiger partial charge in [-0.3, -0.25) is 4.79 Å². The van der Waals surface area contributed by atoms with Crippen LogP contribution < -0.4 is 15.4 Å². The van der Waals surface area contributed by atoms with Crippen LogP contribution >= 0.6 is 0 Å². The third-order valence-electron chi connectivity index (χ3n) is 2.81. The quantitative estimate of drug-likeness (QED) is 0.800. The number of amides is 1. The molecule has 0 unspecified atom stereocenters. The summed E-state index contributed by atoms with van der Waals surface area (Å²) in [6.07, 6.45) is 3.42. The molecule has 0 saturated carbocycles. The van der Waals surface area contributed by atoms with Crippen LogP contribution in [0.3, 0.4) is 0 Å². The third-order valence-corrected chi connectivity index (χ3v) is 2.81. The van der Waals surface area contributed by atoms with Gasteiger partial charge in [0, 0.05) is 12.1 Å². The Balaban J connectivity index is 1.99. The third kappa shape index (κ3) is 4.07. The highest BCUT2D eigenvalue weighted by Gasteiger charge is 2.06. The van der Waals surface area contributed by atoms with Crippen LogP contribution in [0.5, 0.6) is 5.75 Å². The van der Waals surface area contributed by atoms with Crippen LogP contribution in [0.15, 0.2) is 55.3 Å². The molecule has 108 valence electrons. The van der Waals surface area contributed by atoms with Gasteiger partial charge in [-0.1, -0.05) is 6.08 Å². The van der Waals surface area contributed by atoms with Gasteiger partial charge >= 0.3 is 0 Å². The average molecular weight is 283 g/mol. The summed E-state index contributed by atoms with van der Waals surface area (Å²) >= 11 is 0. The number of rotatable bonds is 6. The van der Waals surface area contributed by atoms with Crippen LogP contribution in [0.2, 0.25) is 0 Å². The zero-order valence-electron chi connectivity index (χ0n) is 11.8. The van der Waals surface area contributed by atoms with E-state index >= 15 is 0 Å². The molecule has 2 aromatic rings. The maximum absolute atomic E-state index is 12.0. The van der Waals surface area contributed by atoms with E-state index in [-0.39, 0.29) is 5.91 Å². The van der Waals surface area contributed by atoms with Crippen molar-refractivity contribution in [3.05, 3.63) is 60.8 Å². The Morgan fingerprint density at radius 3 is 2.62 bits per heavy atom. The normalized spacial score (nSPS) is 9.76. The van der Waals surface area contributed by atoms with Gasteiger partial charge in [-0.05, 0) is 36.4 Å². The Labute approximate surface area is 123 Å². The van der Waals surface area contributed by atoms with Gasteiger partial charge in [0.1, 0.15) is 11.6 Å². The number of hydrogen-bond donors (Lipinski definition) is 2. The monoisotopic (exact) mass is 283 g/mol. The fourth-order valence-corrected chi connectivity index (χ4v) is 1.69. The number of pyridine rings is 1. The molecule has 1 amide bonds. The minimum atomic E-state index is -0.211. The van der Waals surface area contributed by atoms with Crippen molar-refractivity contribution in [2.24, 2.45) is 0 Å². The van der Waals surface area contributed by atoms with Crippen molar-refractivity contribution in [1.29, 1.82) is 0 Å². The molecule has 0 bridgehead atoms. The molecule has 1 aromatic carbocycles. The molecule has 2 N–H and O–H groups in total. The Morgan fingerprint density at radius 2 is 2.05 bits per heavy atom. The van der Waals surface area contributed by atoms with Crippen molar-refractivity contribution in [2.75, 3.05) is 24.3 Å². The van der Waals surface area contributed by atoms with Crippen LogP contribution in [-0.4, -0.2) is 24.5 Å². The largest absolute Gasteiger partial charge is 0.497 e. The van der Waals surface area contributed by atoms with E-state index in [0.717, 1.165) is 5.69 Å². The standard InChI is InChI=1S/C16H17N3O2/c1-3-10-17-13-6-9-15(18-11-13)19-16(20)12-4-7-14(21-2)8-5-12/h3-9,11,17H,1,10H2,2H3,(H,18,19,20). The topological polar surface area (TPSA) is 63.2 Å². The van der Waals surface area contributed by atoms with E-state index in [1.807, 2.05) is 6.07 Å². The van der Waals surface area contributed by atoms with Crippen molar-refractivity contribution in [3.8, 4) is 5.75 Å². The second-order valence-corrected chi connectivity index (χ2v) is 4.28. The van der Waals surface area contributed by atoms with E-state index in [1.54, 1.807) is 49.7 Å². The SMILES string of the molecule is C=CCNc1ccc(NC(=O)c2ccc(OC)cc2)nc1. The molecule has 0 radical (unpaired) electrons. The summed E-state index contributed by atoms with van der Waals surface area (Å²) in [5.41, 5.74) is 1.42. The van der Waals surface area contributed by atoms with Crippen molar-refractivity contribution < 1.29 is 9.53 Å². The van der Waals surface area contributed by atoms with E-state index in [9.17, 15) is 4.79 Å². The fraction of sp³-hybridized carbons (Fsp3) is 0.125. The summed E-state index contributed by atoms with van der Waals surface area (Å²) in [6.45, 7) is 4.30. The summed E-state index contributed by atoms with van der Waals surface area (Å²) in [6, 6.07) is 10.5. The number of carbonyl (C=O) groups is 1. The second-order valence-electron chi connectivity index (χ2n) is 4.28. The smallest absolute Gasteiger partial charge is 0.256 e. The van der Waals surface area contributed by atoms with Crippen LogP contribution in [0, 0.1) is 0 Å². The fourth-order valence-electron chi connectivity index (χ4n) is 1.69. The molecule has 21 heavy (non-hydrogen) atoms. The lowest BCUT2D eigenvalue weighted by Crippen LogP contribution is -2.12. The molecule has 0 aliphatic rings. The van der Waals surface area contributed by atoms with Gasteiger partial charge in [0.15, 0.2) is 0 Å². The summed E-state index contributed by atoms with van der Waals surface area (Å²) in [5, 5.41) is 5.85. The number of aromatic nitrogens is 1. The van der Waals surface area contributed by atoms with Gasteiger partial charge in [-0.25, -0.2) is 4.98 Å². The van der Waals surface area contributed by atoms with Crippen molar-refractivity contribution in [1.82, 2.24) is 4.98 Å². The van der Waals surface area contributed by atoms with E-state index in [4.69, 9.17) is 4.74 Å². The van der Waals surface area contributed by atoms with Gasteiger partial charge < -0.3 is 15.4 Å². The first-order chi connectivity index (χ1) is 10.2. The summed E-state index contributed by atoms with van der Waals surface area (Å²) in [4.78, 5) is 16.2. The number of nitrogens with one attached hydrogen (secondary N) is 2. The molecule has 1 heterocycles. The minimum absolute atomic E-state index is 0.211. The molecule has 0 spiro atoms. The Bertz CT molecular complexity index is 606. The summed E-state index contributed by atoms with van der Waals surface area (Å²) in [5.74, 6) is 0.999. The highest BCUT2D eigenvalue weighted by atomic mass is 16.5. The number of ether oxygens (including phenoxy) is 1. The highest BCUT2D eigenvalue weighted by molar-refractivity contribution is 6.03. The van der Waals surface area contributed by atoms with Crippen LogP contribution in [-0.2, 0) is 0 Å². The maximum Gasteiger partial charge on any atom is 0.256 e. The minimum Gasteiger partial charge on any atom is -0.497 e. The lowest BCUT2D eigenvalue weighted by molar-refractivity contribution is 0.102. The van der Waals surface area contributed by atoms with Crippen LogP contribution in [0.25, 0.3) is 0 Å². The molecular weight excluding hydrogens is 266 g/mol. The zero-order chi connectivity index (χ0) is 15.1. The number of methoxy groups -OCH3 is 1. The lowest BCUT2D eigenvalue weighted by Gasteiger charge is -2.07. The van der Waals surface area contributed by atoms with Crippen molar-refractivity contribution >= 4 is 17.4 Å². The van der Waals surface area contributed by atoms with E-state index < -0.39 is 0 Å². The van der Waals surface area contributed by atoms with Gasteiger partial charge in [0.2, 0.25) is 0 Å². The average Bonchev–Trinajstić information content (AvgIpc) is 2.54. The van der Waals surface area contributed by atoms with Crippen molar-refractivity contribution in [2.45, 2.75) is 0 Å². The molecule has 5 nitrogen and oxygen atoms in total. The van der Waals surface area contributed by atoms with E-state index in [2.05, 4.69) is 22.2 Å². The number of hydrogen-bond acceptors (Lipinski definition) is 4. The first-order valence-corrected chi connectivity index (χ1v) is 6.49. The van der Waals surface area contributed by atoms with Gasteiger partial charge in [0.25, 0.3) is 5.91 Å². The first-order valence-electron chi connectivity index (χ1n) is 6.49. The Morgan fingerprint density at radius 1 is 1.29 bits per heavy atom. The predicted molar refractivity (Wildman–Crippen MR) is 83.9 cm³/mol. The van der Waals surface area contributed by atoms with Gasteiger partial charge in [-0.15, -0.1) is 6.58 Å². The van der Waals surface area contributed by atoms with Crippen LogP contribution in [0.4, 0.5) is 11.5 Å². The summed E-state index contributed by atoms with van der Waals surface area (Å²) < 4.78 is 5.05. The Kier molecular flexibility index (Phi) is 4.93. The number of benzene rings is 1. The number of carbonyl (C=O) groups excluding carboxylic acids is 1. The highest BCUT2D eigenvalue weighted by Crippen LogP contribution is 2.14. The number of anilines is 2. The Hall–Kier alpha value is -2.82. The number of nitrogens with zero attached hydrogens (tertiary/aromatic N) is 1. The first kappa shape index (κ1) is 14.6. The zero-order valence-corrected chi connectivity index (χ0v) is 11.8. The van der Waals surface area contributed by atoms with Gasteiger partial charge in [-0.2, -0.15) is 0 Å². The molecular formula is C16H17N3O2. The molecule has 0 fully saturated rings. The molecule has 0 aliphatic heterocycles.